The van der Waals surface area contributed by atoms with Crippen molar-refractivity contribution >= 4 is 15.7 Å². The van der Waals surface area contributed by atoms with Crippen molar-refractivity contribution < 1.29 is 17.9 Å². The first-order valence-electron chi connectivity index (χ1n) is 5.59. The van der Waals surface area contributed by atoms with Crippen molar-refractivity contribution in [2.24, 2.45) is 11.1 Å². The van der Waals surface area contributed by atoms with Gasteiger partial charge in [-0.15, -0.1) is 0 Å². The third-order valence-corrected chi connectivity index (χ3v) is 3.78. The first-order valence-corrected chi connectivity index (χ1v) is 7.14. The Morgan fingerprint density at radius 1 is 1.44 bits per heavy atom. The molecule has 1 aromatic rings. The monoisotopic (exact) mass is 272 g/mol. The second kappa shape index (κ2) is 5.13. The van der Waals surface area contributed by atoms with E-state index in [0.717, 1.165) is 13.0 Å². The molecular weight excluding hydrogens is 256 g/mol. The maximum atomic E-state index is 11.2. The van der Waals surface area contributed by atoms with Crippen LogP contribution in [0.3, 0.4) is 0 Å². The van der Waals surface area contributed by atoms with E-state index >= 15 is 0 Å². The van der Waals surface area contributed by atoms with Crippen LogP contribution in [0, 0.1) is 5.92 Å². The number of primary sulfonamides is 1. The summed E-state index contributed by atoms with van der Waals surface area (Å²) in [6.45, 7) is 2.00. The predicted molar refractivity (Wildman–Crippen MR) is 66.6 cm³/mol. The zero-order chi connectivity index (χ0) is 13.2. The summed E-state index contributed by atoms with van der Waals surface area (Å²) in [6.07, 6.45) is 0.977. The number of nitrogen functional groups attached to an aromatic ring is 1. The van der Waals surface area contributed by atoms with Crippen LogP contribution in [-0.2, 0) is 14.8 Å². The Kier molecular flexibility index (Phi) is 3.74. The summed E-state index contributed by atoms with van der Waals surface area (Å²) >= 11 is 0. The van der Waals surface area contributed by atoms with Gasteiger partial charge in [0.15, 0.2) is 0 Å². The topological polar surface area (TPSA) is 105 Å². The van der Waals surface area contributed by atoms with Crippen LogP contribution in [0.1, 0.15) is 6.42 Å². The second-order valence-corrected chi connectivity index (χ2v) is 5.82. The zero-order valence-corrected chi connectivity index (χ0v) is 10.7. The van der Waals surface area contributed by atoms with Gasteiger partial charge in [0, 0.05) is 18.6 Å². The first-order chi connectivity index (χ1) is 8.47. The summed E-state index contributed by atoms with van der Waals surface area (Å²) in [6, 6.07) is 4.37. The Morgan fingerprint density at radius 3 is 2.78 bits per heavy atom. The van der Waals surface area contributed by atoms with Crippen LogP contribution in [0.25, 0.3) is 0 Å². The Balaban J connectivity index is 2.04. The van der Waals surface area contributed by atoms with Gasteiger partial charge in [-0.3, -0.25) is 0 Å². The molecule has 0 radical (unpaired) electrons. The number of nitrogens with two attached hydrogens (primary N) is 2. The number of sulfonamides is 1. The molecule has 0 aliphatic carbocycles. The lowest BCUT2D eigenvalue weighted by molar-refractivity contribution is 0.167. The molecule has 4 N–H and O–H groups in total. The molecule has 1 aromatic carbocycles. The SMILES string of the molecule is Nc1cc(OCC2CCOC2)ccc1S(N)(=O)=O. The molecule has 0 saturated carbocycles. The molecule has 1 fully saturated rings. The standard InChI is InChI=1S/C11H16N2O4S/c12-10-5-9(1-2-11(10)18(13,14)15)17-7-8-3-4-16-6-8/h1-2,5,8H,3-4,6-7,12H2,(H2,13,14,15). The van der Waals surface area contributed by atoms with E-state index in [1.54, 1.807) is 6.07 Å². The van der Waals surface area contributed by atoms with Gasteiger partial charge < -0.3 is 15.2 Å². The number of anilines is 1. The lowest BCUT2D eigenvalue weighted by atomic mass is 10.1. The van der Waals surface area contributed by atoms with Gasteiger partial charge >= 0.3 is 0 Å². The Morgan fingerprint density at radius 2 is 2.22 bits per heavy atom. The molecule has 7 heteroatoms. The molecule has 0 bridgehead atoms. The van der Waals surface area contributed by atoms with Gasteiger partial charge in [0.05, 0.1) is 18.9 Å². The Bertz CT molecular complexity index is 524. The molecule has 2 rings (SSSR count). The molecule has 0 spiro atoms. The van der Waals surface area contributed by atoms with Crippen molar-refractivity contribution in [3.63, 3.8) is 0 Å². The average molecular weight is 272 g/mol. The maximum Gasteiger partial charge on any atom is 0.240 e. The summed E-state index contributed by atoms with van der Waals surface area (Å²) in [5.74, 6) is 0.913. The third kappa shape index (κ3) is 3.12. The number of hydrogen-bond acceptors (Lipinski definition) is 5. The molecule has 6 nitrogen and oxygen atoms in total. The number of rotatable bonds is 4. The molecule has 0 aromatic heterocycles. The van der Waals surface area contributed by atoms with Crippen molar-refractivity contribution in [2.75, 3.05) is 25.6 Å². The van der Waals surface area contributed by atoms with E-state index < -0.39 is 10.0 Å². The maximum absolute atomic E-state index is 11.2. The van der Waals surface area contributed by atoms with Crippen molar-refractivity contribution in [2.45, 2.75) is 11.3 Å². The van der Waals surface area contributed by atoms with Crippen LogP contribution in [-0.4, -0.2) is 28.2 Å². The quantitative estimate of drug-likeness (QED) is 0.769. The minimum absolute atomic E-state index is 0.0842. The van der Waals surface area contributed by atoms with Crippen molar-refractivity contribution in [3.8, 4) is 5.75 Å². The predicted octanol–water partition coefficient (Wildman–Crippen LogP) is 0.332. The van der Waals surface area contributed by atoms with E-state index in [4.69, 9.17) is 20.3 Å². The highest BCUT2D eigenvalue weighted by atomic mass is 32.2. The van der Waals surface area contributed by atoms with E-state index in [9.17, 15) is 8.42 Å². The molecule has 1 atom stereocenters. The highest BCUT2D eigenvalue weighted by Crippen LogP contribution is 2.24. The molecule has 1 aliphatic rings. The van der Waals surface area contributed by atoms with Gasteiger partial charge in [-0.05, 0) is 18.6 Å². The molecule has 1 aliphatic heterocycles. The minimum Gasteiger partial charge on any atom is -0.493 e. The lowest BCUT2D eigenvalue weighted by Crippen LogP contribution is -2.15. The van der Waals surface area contributed by atoms with Crippen LogP contribution in [0.4, 0.5) is 5.69 Å². The third-order valence-electron chi connectivity index (χ3n) is 2.80. The largest absolute Gasteiger partial charge is 0.493 e. The summed E-state index contributed by atoms with van der Waals surface area (Å²) in [4.78, 5) is -0.0842. The number of benzene rings is 1. The fourth-order valence-electron chi connectivity index (χ4n) is 1.80. The van der Waals surface area contributed by atoms with Crippen molar-refractivity contribution in [1.29, 1.82) is 0 Å². The number of hydrogen-bond donors (Lipinski definition) is 2. The van der Waals surface area contributed by atoms with E-state index in [1.165, 1.54) is 12.1 Å². The normalized spacial score (nSPS) is 19.9. The molecule has 100 valence electrons. The molecule has 1 unspecified atom stereocenters. The summed E-state index contributed by atoms with van der Waals surface area (Å²) in [5.41, 5.74) is 5.72. The molecule has 1 heterocycles. The van der Waals surface area contributed by atoms with Gasteiger partial charge in [-0.1, -0.05) is 0 Å². The van der Waals surface area contributed by atoms with Gasteiger partial charge in [-0.2, -0.15) is 0 Å². The van der Waals surface area contributed by atoms with E-state index in [0.29, 0.717) is 24.9 Å². The van der Waals surface area contributed by atoms with Crippen LogP contribution in [0.2, 0.25) is 0 Å². The molecule has 0 amide bonds. The van der Waals surface area contributed by atoms with Gasteiger partial charge in [0.25, 0.3) is 0 Å². The molecule has 18 heavy (non-hydrogen) atoms. The fourth-order valence-corrected chi connectivity index (χ4v) is 2.45. The highest BCUT2D eigenvalue weighted by Gasteiger charge is 2.17. The van der Waals surface area contributed by atoms with Gasteiger partial charge in [-0.25, -0.2) is 13.6 Å². The molecule has 1 saturated heterocycles. The fraction of sp³-hybridized carbons (Fsp3) is 0.455. The summed E-state index contributed by atoms with van der Waals surface area (Å²) in [5, 5.41) is 5.02. The first kappa shape index (κ1) is 13.1. The van der Waals surface area contributed by atoms with Gasteiger partial charge in [0.2, 0.25) is 10.0 Å². The van der Waals surface area contributed by atoms with Crippen LogP contribution in [0.5, 0.6) is 5.75 Å². The zero-order valence-electron chi connectivity index (χ0n) is 9.83. The van der Waals surface area contributed by atoms with Crippen LogP contribution in [0.15, 0.2) is 23.1 Å². The van der Waals surface area contributed by atoms with Crippen molar-refractivity contribution in [1.82, 2.24) is 0 Å². The minimum atomic E-state index is -3.78. The smallest absolute Gasteiger partial charge is 0.240 e. The summed E-state index contributed by atoms with van der Waals surface area (Å²) < 4.78 is 33.1. The summed E-state index contributed by atoms with van der Waals surface area (Å²) in [7, 11) is -3.78. The van der Waals surface area contributed by atoms with E-state index in [1.807, 2.05) is 0 Å². The van der Waals surface area contributed by atoms with Crippen LogP contribution >= 0.6 is 0 Å². The molecular formula is C11H16N2O4S. The Hall–Kier alpha value is -1.31. The Labute approximate surface area is 106 Å². The van der Waals surface area contributed by atoms with Crippen molar-refractivity contribution in [3.05, 3.63) is 18.2 Å². The van der Waals surface area contributed by atoms with Gasteiger partial charge in [0.1, 0.15) is 10.6 Å². The van der Waals surface area contributed by atoms with E-state index in [-0.39, 0.29) is 10.6 Å². The second-order valence-electron chi connectivity index (χ2n) is 4.29. The van der Waals surface area contributed by atoms with Crippen LogP contribution < -0.4 is 15.6 Å². The lowest BCUT2D eigenvalue weighted by Gasteiger charge is -2.11. The number of ether oxygens (including phenoxy) is 2. The average Bonchev–Trinajstić information content (AvgIpc) is 2.77. The van der Waals surface area contributed by atoms with E-state index in [2.05, 4.69) is 0 Å². The highest BCUT2D eigenvalue weighted by molar-refractivity contribution is 7.89.